The van der Waals surface area contributed by atoms with Crippen molar-refractivity contribution in [2.24, 2.45) is 11.7 Å². The minimum atomic E-state index is -0.497. The highest BCUT2D eigenvalue weighted by molar-refractivity contribution is 5.87. The third-order valence-electron chi connectivity index (χ3n) is 2.65. The number of rotatable bonds is 4. The summed E-state index contributed by atoms with van der Waals surface area (Å²) in [7, 11) is 0. The molecule has 4 nitrogen and oxygen atoms in total. The van der Waals surface area contributed by atoms with E-state index in [1.165, 1.54) is 0 Å². The summed E-state index contributed by atoms with van der Waals surface area (Å²) in [6.07, 6.45) is -0.313. The van der Waals surface area contributed by atoms with Crippen LogP contribution in [0.15, 0.2) is 24.3 Å². The van der Waals surface area contributed by atoms with Crippen molar-refractivity contribution in [3.8, 4) is 0 Å². The van der Waals surface area contributed by atoms with E-state index in [0.717, 1.165) is 11.3 Å². The number of anilines is 1. The molecule has 2 N–H and O–H groups in total. The maximum atomic E-state index is 12.3. The van der Waals surface area contributed by atoms with Crippen molar-refractivity contribution in [2.75, 3.05) is 11.4 Å². The molecule has 1 aromatic rings. The Kier molecular flexibility index (Phi) is 5.57. The summed E-state index contributed by atoms with van der Waals surface area (Å²) in [6, 6.07) is 7.70. The number of hydrogen-bond donors (Lipinski definition) is 1. The molecule has 1 rings (SSSR count). The van der Waals surface area contributed by atoms with Crippen molar-refractivity contribution in [3.63, 3.8) is 0 Å². The Morgan fingerprint density at radius 1 is 1.25 bits per heavy atom. The number of carbonyl (C=O) groups excluding carboxylic acids is 1. The van der Waals surface area contributed by atoms with E-state index in [1.807, 2.05) is 45.0 Å². The Hall–Kier alpha value is -1.55. The van der Waals surface area contributed by atoms with Crippen LogP contribution in [0.4, 0.5) is 10.5 Å². The maximum Gasteiger partial charge on any atom is 0.414 e. The molecule has 0 fully saturated rings. The smallest absolute Gasteiger partial charge is 0.414 e. The average Bonchev–Trinajstić information content (AvgIpc) is 2.34. The van der Waals surface area contributed by atoms with E-state index in [2.05, 4.69) is 13.8 Å². The standard InChI is InChI=1S/C16H26N2O2/c1-12(2)11-18(15(19)20-16(3,4)5)14-8-6-13(10-17)7-9-14/h6-9,12H,10-11,17H2,1-5H3. The second-order valence-corrected chi connectivity index (χ2v) is 6.36. The van der Waals surface area contributed by atoms with Gasteiger partial charge in [0.05, 0.1) is 0 Å². The van der Waals surface area contributed by atoms with Gasteiger partial charge in [-0.3, -0.25) is 4.90 Å². The number of nitrogens with two attached hydrogens (primary N) is 1. The maximum absolute atomic E-state index is 12.3. The molecule has 112 valence electrons. The van der Waals surface area contributed by atoms with E-state index < -0.39 is 5.60 Å². The molecule has 20 heavy (non-hydrogen) atoms. The predicted molar refractivity (Wildman–Crippen MR) is 82.8 cm³/mol. The first kappa shape index (κ1) is 16.5. The fourth-order valence-corrected chi connectivity index (χ4v) is 1.78. The van der Waals surface area contributed by atoms with Crippen LogP contribution < -0.4 is 10.6 Å². The number of benzene rings is 1. The van der Waals surface area contributed by atoms with Crippen molar-refractivity contribution < 1.29 is 9.53 Å². The van der Waals surface area contributed by atoms with Gasteiger partial charge in [0.1, 0.15) is 5.60 Å². The number of ether oxygens (including phenoxy) is 1. The Bertz CT molecular complexity index is 433. The van der Waals surface area contributed by atoms with Crippen LogP contribution in [0.1, 0.15) is 40.2 Å². The lowest BCUT2D eigenvalue weighted by Crippen LogP contribution is -2.39. The summed E-state index contributed by atoms with van der Waals surface area (Å²) in [5, 5.41) is 0. The molecular weight excluding hydrogens is 252 g/mol. The fourth-order valence-electron chi connectivity index (χ4n) is 1.78. The van der Waals surface area contributed by atoms with Crippen LogP contribution in [0.2, 0.25) is 0 Å². The number of hydrogen-bond acceptors (Lipinski definition) is 3. The number of carbonyl (C=O) groups is 1. The lowest BCUT2D eigenvalue weighted by Gasteiger charge is -2.28. The second-order valence-electron chi connectivity index (χ2n) is 6.36. The summed E-state index contributed by atoms with van der Waals surface area (Å²) in [5.74, 6) is 0.358. The van der Waals surface area contributed by atoms with Gasteiger partial charge in [-0.1, -0.05) is 26.0 Å². The third-order valence-corrected chi connectivity index (χ3v) is 2.65. The van der Waals surface area contributed by atoms with Crippen molar-refractivity contribution >= 4 is 11.8 Å². The zero-order valence-electron chi connectivity index (χ0n) is 13.1. The molecule has 0 bridgehead atoms. The van der Waals surface area contributed by atoms with Gasteiger partial charge in [0.15, 0.2) is 0 Å². The molecule has 0 radical (unpaired) electrons. The predicted octanol–water partition coefficient (Wildman–Crippen LogP) is 3.54. The van der Waals surface area contributed by atoms with Crippen LogP contribution in [0, 0.1) is 5.92 Å². The van der Waals surface area contributed by atoms with Crippen molar-refractivity contribution in [1.82, 2.24) is 0 Å². The number of amides is 1. The lowest BCUT2D eigenvalue weighted by atomic mass is 10.1. The summed E-state index contributed by atoms with van der Waals surface area (Å²) in [4.78, 5) is 14.0. The van der Waals surface area contributed by atoms with Gasteiger partial charge in [0, 0.05) is 18.8 Å². The first-order valence-electron chi connectivity index (χ1n) is 7.02. The minimum absolute atomic E-state index is 0.313. The summed E-state index contributed by atoms with van der Waals surface area (Å²) < 4.78 is 5.47. The summed E-state index contributed by atoms with van der Waals surface area (Å²) in [5.41, 5.74) is 6.98. The average molecular weight is 278 g/mol. The Morgan fingerprint density at radius 3 is 2.20 bits per heavy atom. The van der Waals surface area contributed by atoms with Gasteiger partial charge >= 0.3 is 6.09 Å². The molecule has 1 amide bonds. The molecule has 0 aliphatic heterocycles. The fraction of sp³-hybridized carbons (Fsp3) is 0.562. The van der Waals surface area contributed by atoms with Crippen molar-refractivity contribution in [2.45, 2.75) is 46.8 Å². The van der Waals surface area contributed by atoms with Gasteiger partial charge in [-0.25, -0.2) is 4.79 Å². The van der Waals surface area contributed by atoms with E-state index in [-0.39, 0.29) is 6.09 Å². The molecule has 0 heterocycles. The molecule has 0 aromatic heterocycles. The summed E-state index contributed by atoms with van der Waals surface area (Å²) >= 11 is 0. The molecule has 0 saturated carbocycles. The largest absolute Gasteiger partial charge is 0.443 e. The second kappa shape index (κ2) is 6.75. The van der Waals surface area contributed by atoms with Crippen LogP contribution in [0.5, 0.6) is 0 Å². The zero-order valence-corrected chi connectivity index (χ0v) is 13.1. The monoisotopic (exact) mass is 278 g/mol. The van der Waals surface area contributed by atoms with E-state index >= 15 is 0 Å². The van der Waals surface area contributed by atoms with Crippen LogP contribution in [-0.2, 0) is 11.3 Å². The zero-order chi connectivity index (χ0) is 15.3. The van der Waals surface area contributed by atoms with E-state index in [4.69, 9.17) is 10.5 Å². The summed E-state index contributed by atoms with van der Waals surface area (Å²) in [6.45, 7) is 10.9. The quantitative estimate of drug-likeness (QED) is 0.916. The number of nitrogens with zero attached hydrogens (tertiary/aromatic N) is 1. The minimum Gasteiger partial charge on any atom is -0.443 e. The molecule has 1 aromatic carbocycles. The molecule has 0 aliphatic carbocycles. The van der Waals surface area contributed by atoms with Gasteiger partial charge in [0.25, 0.3) is 0 Å². The molecule has 0 aliphatic rings. The third kappa shape index (κ3) is 5.21. The Morgan fingerprint density at radius 2 is 1.80 bits per heavy atom. The lowest BCUT2D eigenvalue weighted by molar-refractivity contribution is 0.0576. The molecular formula is C16H26N2O2. The Labute approximate surface area is 121 Å². The topological polar surface area (TPSA) is 55.6 Å². The highest BCUT2D eigenvalue weighted by Gasteiger charge is 2.23. The highest BCUT2D eigenvalue weighted by atomic mass is 16.6. The van der Waals surface area contributed by atoms with Crippen LogP contribution in [-0.4, -0.2) is 18.2 Å². The first-order chi connectivity index (χ1) is 9.23. The highest BCUT2D eigenvalue weighted by Crippen LogP contribution is 2.20. The first-order valence-corrected chi connectivity index (χ1v) is 7.02. The molecule has 0 saturated heterocycles. The van der Waals surface area contributed by atoms with Crippen molar-refractivity contribution in [1.29, 1.82) is 0 Å². The molecule has 0 spiro atoms. The van der Waals surface area contributed by atoms with Gasteiger partial charge < -0.3 is 10.5 Å². The van der Waals surface area contributed by atoms with Crippen LogP contribution in [0.3, 0.4) is 0 Å². The molecule has 0 atom stereocenters. The van der Waals surface area contributed by atoms with Crippen LogP contribution >= 0.6 is 0 Å². The van der Waals surface area contributed by atoms with Gasteiger partial charge in [0.2, 0.25) is 0 Å². The van der Waals surface area contributed by atoms with Crippen molar-refractivity contribution in [3.05, 3.63) is 29.8 Å². The normalized spacial score (nSPS) is 11.6. The van der Waals surface area contributed by atoms with E-state index in [1.54, 1.807) is 4.90 Å². The van der Waals surface area contributed by atoms with Gasteiger partial charge in [-0.05, 0) is 44.4 Å². The SMILES string of the molecule is CC(C)CN(C(=O)OC(C)(C)C)c1ccc(CN)cc1. The molecule has 4 heteroatoms. The van der Waals surface area contributed by atoms with Crippen LogP contribution in [0.25, 0.3) is 0 Å². The van der Waals surface area contributed by atoms with E-state index in [0.29, 0.717) is 19.0 Å². The molecule has 0 unspecified atom stereocenters. The Balaban J connectivity index is 2.95. The van der Waals surface area contributed by atoms with Gasteiger partial charge in [-0.15, -0.1) is 0 Å². The van der Waals surface area contributed by atoms with E-state index in [9.17, 15) is 4.79 Å². The van der Waals surface area contributed by atoms with Gasteiger partial charge in [-0.2, -0.15) is 0 Å².